The summed E-state index contributed by atoms with van der Waals surface area (Å²) in [6.07, 6.45) is 3.80. The molecule has 4 atom stereocenters. The molecule has 0 aliphatic carbocycles. The van der Waals surface area contributed by atoms with E-state index in [2.05, 4.69) is 0 Å². The van der Waals surface area contributed by atoms with Crippen LogP contribution in [0.5, 0.6) is 11.5 Å². The number of Topliss-reactive ketones (excluding diaryl/α,β-unsaturated/α-hetero) is 1. The van der Waals surface area contributed by atoms with Gasteiger partial charge in [-0.3, -0.25) is 19.2 Å². The average Bonchev–Trinajstić information content (AvgIpc) is 3.26. The summed E-state index contributed by atoms with van der Waals surface area (Å²) >= 11 is 0. The van der Waals surface area contributed by atoms with Gasteiger partial charge >= 0.3 is 5.97 Å². The minimum atomic E-state index is -0.786. The number of anilines is 2. The van der Waals surface area contributed by atoms with Crippen LogP contribution in [0.2, 0.25) is 0 Å². The van der Waals surface area contributed by atoms with Crippen LogP contribution in [0.4, 0.5) is 11.4 Å². The Balaban J connectivity index is 1.53. The predicted molar refractivity (Wildman–Crippen MR) is 120 cm³/mol. The van der Waals surface area contributed by atoms with Gasteiger partial charge in [0.15, 0.2) is 5.78 Å². The molecule has 0 spiro atoms. The predicted octanol–water partition coefficient (Wildman–Crippen LogP) is 2.60. The van der Waals surface area contributed by atoms with Crippen LogP contribution in [-0.2, 0) is 19.2 Å². The van der Waals surface area contributed by atoms with Crippen LogP contribution in [0, 0.1) is 11.8 Å². The Labute approximate surface area is 190 Å². The second kappa shape index (κ2) is 7.58. The number of carbonyl (C=O) groups excluding carboxylic acids is 4. The van der Waals surface area contributed by atoms with Crippen molar-refractivity contribution in [3.63, 3.8) is 0 Å². The number of esters is 1. The van der Waals surface area contributed by atoms with Crippen molar-refractivity contribution in [3.8, 4) is 11.5 Å². The van der Waals surface area contributed by atoms with Crippen LogP contribution >= 0.6 is 0 Å². The Bertz CT molecular complexity index is 1220. The zero-order valence-corrected chi connectivity index (χ0v) is 18.3. The Morgan fingerprint density at radius 2 is 1.58 bits per heavy atom. The smallest absolute Gasteiger partial charge is 0.308 e. The molecule has 3 aliphatic heterocycles. The van der Waals surface area contributed by atoms with Gasteiger partial charge in [-0.2, -0.15) is 0 Å². The van der Waals surface area contributed by atoms with Crippen molar-refractivity contribution in [2.24, 2.45) is 11.8 Å². The van der Waals surface area contributed by atoms with E-state index in [1.54, 1.807) is 25.3 Å². The summed E-state index contributed by atoms with van der Waals surface area (Å²) < 4.78 is 10.3. The first kappa shape index (κ1) is 20.9. The molecule has 5 rings (SSSR count). The van der Waals surface area contributed by atoms with E-state index in [9.17, 15) is 19.2 Å². The van der Waals surface area contributed by atoms with Gasteiger partial charge in [-0.25, -0.2) is 4.90 Å². The lowest BCUT2D eigenvalue weighted by Gasteiger charge is -2.36. The van der Waals surface area contributed by atoms with Gasteiger partial charge in [0.2, 0.25) is 11.8 Å². The van der Waals surface area contributed by atoms with Crippen molar-refractivity contribution >= 4 is 41.0 Å². The number of methoxy groups -OCH3 is 1. The van der Waals surface area contributed by atoms with Gasteiger partial charge in [0.1, 0.15) is 17.5 Å². The topological polar surface area (TPSA) is 93.2 Å². The van der Waals surface area contributed by atoms with Gasteiger partial charge in [0, 0.05) is 18.2 Å². The molecule has 8 nitrogen and oxygen atoms in total. The second-order valence-electron chi connectivity index (χ2n) is 8.39. The van der Waals surface area contributed by atoms with E-state index in [4.69, 9.17) is 9.47 Å². The molecule has 33 heavy (non-hydrogen) atoms. The van der Waals surface area contributed by atoms with Crippen LogP contribution < -0.4 is 19.3 Å². The molecule has 168 valence electrons. The summed E-state index contributed by atoms with van der Waals surface area (Å²) in [5.74, 6) is -1.83. The van der Waals surface area contributed by atoms with Crippen molar-refractivity contribution in [1.29, 1.82) is 0 Å². The van der Waals surface area contributed by atoms with Crippen molar-refractivity contribution < 1.29 is 28.7 Å². The van der Waals surface area contributed by atoms with Crippen LogP contribution in [0.15, 0.2) is 48.5 Å². The van der Waals surface area contributed by atoms with Gasteiger partial charge in [0.25, 0.3) is 0 Å². The first-order chi connectivity index (χ1) is 15.8. The van der Waals surface area contributed by atoms with E-state index in [0.717, 1.165) is 16.2 Å². The number of ketones is 1. The number of imide groups is 1. The third-order valence-corrected chi connectivity index (χ3v) is 6.49. The first-order valence-electron chi connectivity index (χ1n) is 10.6. The van der Waals surface area contributed by atoms with Crippen LogP contribution in [-0.4, -0.2) is 42.8 Å². The van der Waals surface area contributed by atoms with Crippen LogP contribution in [0.1, 0.15) is 19.4 Å². The number of hydrogen-bond acceptors (Lipinski definition) is 7. The number of hydrogen-bond donors (Lipinski definition) is 0. The lowest BCUT2D eigenvalue weighted by molar-refractivity contribution is -0.132. The summed E-state index contributed by atoms with van der Waals surface area (Å²) in [6, 6.07) is 10.6. The van der Waals surface area contributed by atoms with Gasteiger partial charge in [-0.1, -0.05) is 12.2 Å². The Morgan fingerprint density at radius 3 is 2.21 bits per heavy atom. The highest BCUT2D eigenvalue weighted by Crippen LogP contribution is 2.49. The molecule has 3 heterocycles. The summed E-state index contributed by atoms with van der Waals surface area (Å²) in [5, 5.41) is 0. The SMILES string of the molecule is COc1ccc2c(c1)C=C[C@@H]1[C@H]3C(=O)N(c4ccc(OC(C)=O)cc4)C(=O)[C@H]3[C@@H](C(C)=O)N21. The highest BCUT2D eigenvalue weighted by atomic mass is 16.5. The average molecular weight is 446 g/mol. The molecule has 0 saturated carbocycles. The highest BCUT2D eigenvalue weighted by Gasteiger charge is 2.63. The summed E-state index contributed by atoms with van der Waals surface area (Å²) in [5.41, 5.74) is 2.06. The number of ether oxygens (including phenoxy) is 2. The molecule has 0 N–H and O–H groups in total. The molecule has 2 aromatic rings. The highest BCUT2D eigenvalue weighted by molar-refractivity contribution is 6.24. The lowest BCUT2D eigenvalue weighted by Crippen LogP contribution is -2.48. The molecule has 2 aromatic carbocycles. The Morgan fingerprint density at radius 1 is 0.909 bits per heavy atom. The van der Waals surface area contributed by atoms with E-state index < -0.39 is 35.8 Å². The standard InChI is InChI=1S/C25H22N2O6/c1-13(28)23-22-21(20-10-4-15-12-18(32-3)9-11-19(15)27(20)23)24(30)26(25(22)31)16-5-7-17(8-6-16)33-14(2)29/h4-12,20-23H,1-3H3/t20-,21-,22-,23-/m1/s1. The van der Waals surface area contributed by atoms with Gasteiger partial charge in [-0.05, 0) is 49.4 Å². The molecular formula is C25H22N2O6. The maximum absolute atomic E-state index is 13.5. The molecule has 2 fully saturated rings. The molecule has 3 aliphatic rings. The maximum atomic E-state index is 13.5. The monoisotopic (exact) mass is 446 g/mol. The van der Waals surface area contributed by atoms with Crippen LogP contribution in [0.25, 0.3) is 6.08 Å². The largest absolute Gasteiger partial charge is 0.497 e. The van der Waals surface area contributed by atoms with Crippen molar-refractivity contribution in [3.05, 3.63) is 54.1 Å². The Hall–Kier alpha value is -3.94. The maximum Gasteiger partial charge on any atom is 0.308 e. The molecule has 8 heteroatoms. The number of nitrogens with zero attached hydrogens (tertiary/aromatic N) is 2. The third-order valence-electron chi connectivity index (χ3n) is 6.49. The van der Waals surface area contributed by atoms with Crippen molar-refractivity contribution in [2.75, 3.05) is 16.9 Å². The van der Waals surface area contributed by atoms with Gasteiger partial charge < -0.3 is 14.4 Å². The van der Waals surface area contributed by atoms with E-state index in [0.29, 0.717) is 17.2 Å². The summed E-state index contributed by atoms with van der Waals surface area (Å²) in [6.45, 7) is 2.75. The number of carbonyl (C=O) groups is 4. The minimum Gasteiger partial charge on any atom is -0.497 e. The fourth-order valence-electron chi connectivity index (χ4n) is 5.22. The van der Waals surface area contributed by atoms with E-state index in [1.807, 2.05) is 29.2 Å². The van der Waals surface area contributed by atoms with Crippen molar-refractivity contribution in [2.45, 2.75) is 25.9 Å². The number of fused-ring (bicyclic) bond motifs is 5. The number of rotatable bonds is 4. The van der Waals surface area contributed by atoms with Crippen molar-refractivity contribution in [1.82, 2.24) is 0 Å². The molecule has 0 unspecified atom stereocenters. The number of amides is 2. The minimum absolute atomic E-state index is 0.169. The van der Waals surface area contributed by atoms with Crippen LogP contribution in [0.3, 0.4) is 0 Å². The zero-order valence-electron chi connectivity index (χ0n) is 18.3. The summed E-state index contributed by atoms with van der Waals surface area (Å²) in [4.78, 5) is 54.1. The fourth-order valence-corrected chi connectivity index (χ4v) is 5.22. The van der Waals surface area contributed by atoms with Gasteiger partial charge in [-0.15, -0.1) is 0 Å². The lowest BCUT2D eigenvalue weighted by atomic mass is 9.88. The molecule has 2 saturated heterocycles. The summed E-state index contributed by atoms with van der Waals surface area (Å²) in [7, 11) is 1.58. The second-order valence-corrected chi connectivity index (χ2v) is 8.39. The van der Waals surface area contributed by atoms with Gasteiger partial charge in [0.05, 0.1) is 30.7 Å². The molecule has 0 bridgehead atoms. The number of benzene rings is 2. The molecule has 0 aromatic heterocycles. The quantitative estimate of drug-likeness (QED) is 0.405. The molecule has 0 radical (unpaired) electrons. The normalized spacial score (nSPS) is 24.9. The molecule has 2 amide bonds. The van der Waals surface area contributed by atoms with E-state index in [1.165, 1.54) is 26.0 Å². The molecular weight excluding hydrogens is 424 g/mol. The zero-order chi connectivity index (χ0) is 23.4. The third kappa shape index (κ3) is 3.13. The van der Waals surface area contributed by atoms with E-state index in [-0.39, 0.29) is 11.7 Å². The van der Waals surface area contributed by atoms with E-state index >= 15 is 0 Å². The first-order valence-corrected chi connectivity index (χ1v) is 10.6. The fraction of sp³-hybridized carbons (Fsp3) is 0.280. The Kier molecular flexibility index (Phi) is 4.81.